The van der Waals surface area contributed by atoms with Crippen LogP contribution in [0.1, 0.15) is 0 Å². The molecule has 0 N–H and O–H groups in total. The molecule has 0 aliphatic carbocycles. The van der Waals surface area contributed by atoms with Crippen LogP contribution < -0.4 is 16.4 Å². The highest BCUT2D eigenvalue weighted by molar-refractivity contribution is 6.98. The van der Waals surface area contributed by atoms with Crippen molar-refractivity contribution in [1.82, 2.24) is 14.0 Å². The van der Waals surface area contributed by atoms with Crippen molar-refractivity contribution < 1.29 is 4.42 Å². The number of hydrogen-bond acceptors (Lipinski definition) is 2. The quantitative estimate of drug-likeness (QED) is 0.193. The molecule has 0 bridgehead atoms. The Balaban J connectivity index is 1.38. The van der Waals surface area contributed by atoms with Crippen molar-refractivity contribution in [2.45, 2.75) is 0 Å². The van der Waals surface area contributed by atoms with E-state index in [2.05, 4.69) is 148 Å². The van der Waals surface area contributed by atoms with Gasteiger partial charge in [0.1, 0.15) is 11.2 Å². The first kappa shape index (κ1) is 24.3. The molecule has 0 atom stereocenters. The van der Waals surface area contributed by atoms with Gasteiger partial charge in [0, 0.05) is 27.9 Å². The molecule has 0 spiro atoms. The van der Waals surface area contributed by atoms with E-state index < -0.39 is 0 Å². The average molecular weight is 585 g/mol. The van der Waals surface area contributed by atoms with Crippen LogP contribution in [0.5, 0.6) is 0 Å². The minimum Gasteiger partial charge on any atom is -0.456 e. The fourth-order valence-corrected chi connectivity index (χ4v) is 8.08. The van der Waals surface area contributed by atoms with Crippen LogP contribution in [0.25, 0.3) is 77.4 Å². The van der Waals surface area contributed by atoms with Crippen molar-refractivity contribution >= 4 is 83.7 Å². The van der Waals surface area contributed by atoms with Gasteiger partial charge in [-0.3, -0.25) is 8.97 Å². The van der Waals surface area contributed by atoms with Gasteiger partial charge in [0.25, 0.3) is 0 Å². The van der Waals surface area contributed by atoms with E-state index >= 15 is 0 Å². The van der Waals surface area contributed by atoms with E-state index in [9.17, 15) is 0 Å². The van der Waals surface area contributed by atoms with Crippen molar-refractivity contribution in [3.05, 3.63) is 146 Å². The van der Waals surface area contributed by atoms with Crippen molar-refractivity contribution in [1.29, 1.82) is 0 Å². The Morgan fingerprint density at radius 3 is 2.33 bits per heavy atom. The molecule has 7 aromatic carbocycles. The monoisotopic (exact) mass is 585 g/mol. The molecular formula is C41H24BN3O. The number of fused-ring (bicyclic) bond motifs is 10. The summed E-state index contributed by atoms with van der Waals surface area (Å²) in [6, 6.07) is 52.4. The van der Waals surface area contributed by atoms with Gasteiger partial charge in [-0.1, -0.05) is 121 Å². The van der Waals surface area contributed by atoms with Crippen LogP contribution in [0.4, 0.5) is 0 Å². The number of nitrogens with zero attached hydrogens (tertiary/aromatic N) is 3. The third-order valence-corrected chi connectivity index (χ3v) is 9.98. The number of furan rings is 1. The molecule has 4 heterocycles. The maximum absolute atomic E-state index is 6.53. The Hall–Kier alpha value is -6.07. The fourth-order valence-electron chi connectivity index (χ4n) is 8.08. The molecule has 212 valence electrons. The first-order valence-electron chi connectivity index (χ1n) is 15.8. The predicted molar refractivity (Wildman–Crippen MR) is 191 cm³/mol. The smallest absolute Gasteiger partial charge is 0.247 e. The number of hydrogen-bond donors (Lipinski definition) is 0. The molecule has 1 aliphatic heterocycles. The molecule has 1 aliphatic rings. The molecule has 4 nitrogen and oxygen atoms in total. The Labute approximate surface area is 263 Å². The van der Waals surface area contributed by atoms with Crippen molar-refractivity contribution in [2.75, 3.05) is 0 Å². The maximum Gasteiger partial charge on any atom is 0.247 e. The standard InChI is InChI=1S/C41H24BN3O/c1-2-11-25(12-3-1)27-14-4-6-16-30(27)42-31-22-21-26-13-10-19-35-39(26)40(31)45(41-43-33-17-7-8-18-34(33)44(35)41)36-24-38-29(23-32(36)42)28-15-5-9-20-37(28)46-38/h1-24H. The number of rotatable bonds is 2. The zero-order chi connectivity index (χ0) is 29.9. The third-order valence-electron chi connectivity index (χ3n) is 9.98. The first-order valence-corrected chi connectivity index (χ1v) is 15.8. The molecular weight excluding hydrogens is 561 g/mol. The van der Waals surface area contributed by atoms with Gasteiger partial charge in [-0.2, -0.15) is 0 Å². The lowest BCUT2D eigenvalue weighted by Gasteiger charge is -2.31. The van der Waals surface area contributed by atoms with Gasteiger partial charge in [0.2, 0.25) is 12.5 Å². The highest BCUT2D eigenvalue weighted by Crippen LogP contribution is 2.37. The summed E-state index contributed by atoms with van der Waals surface area (Å²) >= 11 is 0. The summed E-state index contributed by atoms with van der Waals surface area (Å²) < 4.78 is 11.3. The minimum absolute atomic E-state index is 0.0101. The van der Waals surface area contributed by atoms with Gasteiger partial charge in [-0.15, -0.1) is 0 Å². The minimum atomic E-state index is -0.0101. The molecule has 5 heteroatoms. The molecule has 0 saturated heterocycles. The van der Waals surface area contributed by atoms with E-state index in [1.54, 1.807) is 0 Å². The van der Waals surface area contributed by atoms with Crippen LogP contribution in [0.2, 0.25) is 0 Å². The van der Waals surface area contributed by atoms with E-state index in [1.165, 1.54) is 43.8 Å². The summed E-state index contributed by atoms with van der Waals surface area (Å²) in [7, 11) is 0. The van der Waals surface area contributed by atoms with Gasteiger partial charge < -0.3 is 4.42 Å². The lowest BCUT2D eigenvalue weighted by atomic mass is 9.34. The van der Waals surface area contributed by atoms with Crippen molar-refractivity contribution in [2.24, 2.45) is 0 Å². The zero-order valence-corrected chi connectivity index (χ0v) is 24.7. The molecule has 0 radical (unpaired) electrons. The van der Waals surface area contributed by atoms with Crippen molar-refractivity contribution in [3.63, 3.8) is 0 Å². The topological polar surface area (TPSA) is 35.4 Å². The lowest BCUT2D eigenvalue weighted by Crippen LogP contribution is -2.56. The Morgan fingerprint density at radius 1 is 0.565 bits per heavy atom. The zero-order valence-electron chi connectivity index (χ0n) is 24.7. The number of benzene rings is 7. The van der Waals surface area contributed by atoms with Crippen LogP contribution in [-0.2, 0) is 0 Å². The normalized spacial score (nSPS) is 12.7. The fraction of sp³-hybridized carbons (Fsp3) is 0. The summed E-state index contributed by atoms with van der Waals surface area (Å²) in [4.78, 5) is 5.31. The van der Waals surface area contributed by atoms with E-state index in [0.717, 1.165) is 50.0 Å². The van der Waals surface area contributed by atoms with E-state index in [0.29, 0.717) is 0 Å². The van der Waals surface area contributed by atoms with Gasteiger partial charge in [-0.05, 0) is 51.7 Å². The Bertz CT molecular complexity index is 2880. The molecule has 3 aromatic heterocycles. The summed E-state index contributed by atoms with van der Waals surface area (Å²) in [5.74, 6) is 0.903. The molecule has 0 unspecified atom stereocenters. The van der Waals surface area contributed by atoms with Crippen LogP contribution in [-0.4, -0.2) is 20.7 Å². The van der Waals surface area contributed by atoms with Crippen LogP contribution >= 0.6 is 0 Å². The number of para-hydroxylation sites is 3. The molecule has 11 rings (SSSR count). The predicted octanol–water partition coefficient (Wildman–Crippen LogP) is 7.98. The van der Waals surface area contributed by atoms with E-state index in [1.807, 2.05) is 6.07 Å². The van der Waals surface area contributed by atoms with Crippen molar-refractivity contribution in [3.8, 4) is 16.8 Å². The highest BCUT2D eigenvalue weighted by atomic mass is 16.3. The summed E-state index contributed by atoms with van der Waals surface area (Å²) in [6.07, 6.45) is 0. The SMILES string of the molecule is c1ccc(-c2ccccc2B2c3cc4c(cc3-n3c5c2ccc2cccc(c25)n2c5ccccc5nc32)oc2ccccc24)cc1. The maximum atomic E-state index is 6.53. The molecule has 10 aromatic rings. The largest absolute Gasteiger partial charge is 0.456 e. The second-order valence-corrected chi connectivity index (χ2v) is 12.3. The lowest BCUT2D eigenvalue weighted by molar-refractivity contribution is 0.668. The van der Waals surface area contributed by atoms with Gasteiger partial charge >= 0.3 is 0 Å². The summed E-state index contributed by atoms with van der Waals surface area (Å²) in [6.45, 7) is -0.0101. The Morgan fingerprint density at radius 2 is 1.37 bits per heavy atom. The van der Waals surface area contributed by atoms with Gasteiger partial charge in [0.15, 0.2) is 0 Å². The number of imidazole rings is 1. The highest BCUT2D eigenvalue weighted by Gasteiger charge is 2.36. The van der Waals surface area contributed by atoms with E-state index in [4.69, 9.17) is 9.40 Å². The van der Waals surface area contributed by atoms with E-state index in [-0.39, 0.29) is 6.71 Å². The summed E-state index contributed by atoms with van der Waals surface area (Å²) in [5, 5.41) is 4.72. The number of aromatic nitrogens is 3. The molecule has 0 amide bonds. The van der Waals surface area contributed by atoms with Gasteiger partial charge in [0.05, 0.1) is 22.1 Å². The van der Waals surface area contributed by atoms with Gasteiger partial charge in [-0.25, -0.2) is 4.98 Å². The third kappa shape index (κ3) is 3.07. The Kier molecular flexibility index (Phi) is 4.63. The molecule has 0 fully saturated rings. The van der Waals surface area contributed by atoms with Crippen LogP contribution in [0, 0.1) is 0 Å². The second kappa shape index (κ2) is 8.77. The van der Waals surface area contributed by atoms with Crippen LogP contribution in [0.3, 0.4) is 0 Å². The second-order valence-electron chi connectivity index (χ2n) is 12.3. The molecule has 46 heavy (non-hydrogen) atoms. The van der Waals surface area contributed by atoms with Crippen LogP contribution in [0.15, 0.2) is 150 Å². The molecule has 0 saturated carbocycles. The average Bonchev–Trinajstić information content (AvgIpc) is 3.68. The first-order chi connectivity index (χ1) is 22.8. The summed E-state index contributed by atoms with van der Waals surface area (Å²) in [5.41, 5.74) is 13.6.